The average Bonchev–Trinajstić information content (AvgIpc) is 3.48. The highest BCUT2D eigenvalue weighted by molar-refractivity contribution is 6.30. The van der Waals surface area contributed by atoms with Crippen LogP contribution in [0.4, 0.5) is 10.1 Å². The maximum Gasteiger partial charge on any atom is 0.161 e. The SMILES string of the molecule is COC1CCC(n2c([C@@H]3C=COCN3c3ccc(Cl)c(F)c3)nc3cc(-c4c(C)noc4C)ccc32)CC1. The Hall–Kier alpha value is -3.36. The van der Waals surface area contributed by atoms with Gasteiger partial charge in [0.2, 0.25) is 0 Å². The summed E-state index contributed by atoms with van der Waals surface area (Å²) < 4.78 is 33.6. The van der Waals surface area contributed by atoms with Crippen molar-refractivity contribution in [2.75, 3.05) is 18.7 Å². The Labute approximate surface area is 225 Å². The summed E-state index contributed by atoms with van der Waals surface area (Å²) in [6.45, 7) is 4.14. The van der Waals surface area contributed by atoms with Crippen LogP contribution in [0.5, 0.6) is 0 Å². The molecule has 0 unspecified atom stereocenters. The highest BCUT2D eigenvalue weighted by atomic mass is 35.5. The number of nitrogens with zero attached hydrogens (tertiary/aromatic N) is 4. The largest absolute Gasteiger partial charge is 0.481 e. The summed E-state index contributed by atoms with van der Waals surface area (Å²) >= 11 is 5.98. The van der Waals surface area contributed by atoms with Crippen LogP contribution in [-0.4, -0.2) is 34.7 Å². The molecule has 1 aliphatic carbocycles. The lowest BCUT2D eigenvalue weighted by Gasteiger charge is -2.36. The number of benzene rings is 2. The van der Waals surface area contributed by atoms with E-state index in [4.69, 9.17) is 30.6 Å². The van der Waals surface area contributed by atoms with Gasteiger partial charge in [-0.3, -0.25) is 0 Å². The maximum atomic E-state index is 14.5. The van der Waals surface area contributed by atoms with Crippen molar-refractivity contribution in [3.63, 3.8) is 0 Å². The highest BCUT2D eigenvalue weighted by Crippen LogP contribution is 2.40. The fraction of sp³-hybridized carbons (Fsp3) is 0.379. The number of fused-ring (bicyclic) bond motifs is 1. The van der Waals surface area contributed by atoms with Gasteiger partial charge in [0.1, 0.15) is 23.4 Å². The van der Waals surface area contributed by atoms with E-state index in [0.717, 1.165) is 65.1 Å². The number of aryl methyl sites for hydroxylation is 2. The van der Waals surface area contributed by atoms with Crippen molar-refractivity contribution in [1.29, 1.82) is 0 Å². The van der Waals surface area contributed by atoms with Crippen molar-refractivity contribution in [2.45, 2.75) is 57.7 Å². The summed E-state index contributed by atoms with van der Waals surface area (Å²) in [4.78, 5) is 7.22. The number of hydrogen-bond donors (Lipinski definition) is 0. The molecule has 0 amide bonds. The zero-order chi connectivity index (χ0) is 26.4. The van der Waals surface area contributed by atoms with E-state index in [1.165, 1.54) is 6.07 Å². The first-order valence-corrected chi connectivity index (χ1v) is 13.3. The van der Waals surface area contributed by atoms with Crippen molar-refractivity contribution < 1.29 is 18.4 Å². The predicted octanol–water partition coefficient (Wildman–Crippen LogP) is 7.28. The molecule has 6 rings (SSSR count). The van der Waals surface area contributed by atoms with E-state index in [0.29, 0.717) is 5.69 Å². The third kappa shape index (κ3) is 4.35. The van der Waals surface area contributed by atoms with Crippen LogP contribution in [0.1, 0.15) is 55.0 Å². The molecule has 0 N–H and O–H groups in total. The minimum Gasteiger partial charge on any atom is -0.481 e. The van der Waals surface area contributed by atoms with Crippen LogP contribution in [0.15, 0.2) is 53.3 Å². The Morgan fingerprint density at radius 2 is 1.89 bits per heavy atom. The number of hydrogen-bond acceptors (Lipinski definition) is 6. The molecular weight excluding hydrogens is 507 g/mol. The van der Waals surface area contributed by atoms with Gasteiger partial charge in [-0.25, -0.2) is 9.37 Å². The molecule has 3 heterocycles. The lowest BCUT2D eigenvalue weighted by molar-refractivity contribution is 0.0584. The average molecular weight is 537 g/mol. The molecule has 2 aromatic carbocycles. The van der Waals surface area contributed by atoms with Gasteiger partial charge < -0.3 is 23.5 Å². The second-order valence-electron chi connectivity index (χ2n) is 10.0. The Morgan fingerprint density at radius 1 is 1.08 bits per heavy atom. The van der Waals surface area contributed by atoms with E-state index in [2.05, 4.69) is 27.9 Å². The van der Waals surface area contributed by atoms with Gasteiger partial charge in [0.05, 0.1) is 34.1 Å². The van der Waals surface area contributed by atoms with Gasteiger partial charge in [0, 0.05) is 24.4 Å². The van der Waals surface area contributed by atoms with Crippen LogP contribution >= 0.6 is 11.6 Å². The fourth-order valence-corrected chi connectivity index (χ4v) is 5.98. The van der Waals surface area contributed by atoms with Crippen molar-refractivity contribution in [1.82, 2.24) is 14.7 Å². The molecule has 1 aliphatic heterocycles. The van der Waals surface area contributed by atoms with Crippen molar-refractivity contribution in [2.24, 2.45) is 0 Å². The Balaban J connectivity index is 1.49. The second-order valence-corrected chi connectivity index (χ2v) is 10.5. The predicted molar refractivity (Wildman–Crippen MR) is 145 cm³/mol. The van der Waals surface area contributed by atoms with Gasteiger partial charge in [0.25, 0.3) is 0 Å². The molecule has 2 aromatic heterocycles. The molecule has 1 saturated carbocycles. The molecule has 198 valence electrons. The molecule has 38 heavy (non-hydrogen) atoms. The monoisotopic (exact) mass is 536 g/mol. The van der Waals surface area contributed by atoms with E-state index >= 15 is 0 Å². The van der Waals surface area contributed by atoms with E-state index in [-0.39, 0.29) is 29.9 Å². The van der Waals surface area contributed by atoms with Crippen molar-refractivity contribution in [3.05, 3.63) is 76.9 Å². The quantitative estimate of drug-likeness (QED) is 0.267. The van der Waals surface area contributed by atoms with E-state index in [1.54, 1.807) is 19.4 Å². The fourth-order valence-electron chi connectivity index (χ4n) is 5.86. The zero-order valence-corrected chi connectivity index (χ0v) is 22.4. The van der Waals surface area contributed by atoms with Gasteiger partial charge in [0.15, 0.2) is 6.73 Å². The molecule has 7 nitrogen and oxygen atoms in total. The Bertz CT molecular complexity index is 1490. The highest BCUT2D eigenvalue weighted by Gasteiger charge is 2.32. The summed E-state index contributed by atoms with van der Waals surface area (Å²) in [5, 5.41) is 4.22. The van der Waals surface area contributed by atoms with E-state index < -0.39 is 5.82 Å². The number of methoxy groups -OCH3 is 1. The lowest BCUT2D eigenvalue weighted by Crippen LogP contribution is -2.35. The number of halogens is 2. The number of imidazole rings is 1. The van der Waals surface area contributed by atoms with E-state index in [9.17, 15) is 4.39 Å². The van der Waals surface area contributed by atoms with Crippen molar-refractivity contribution >= 4 is 28.3 Å². The molecule has 1 fully saturated rings. The molecule has 0 saturated heterocycles. The Kier molecular flexibility index (Phi) is 6.61. The summed E-state index contributed by atoms with van der Waals surface area (Å²) in [6.07, 6.45) is 7.93. The molecule has 4 aromatic rings. The molecule has 0 radical (unpaired) electrons. The van der Waals surface area contributed by atoms with Gasteiger partial charge in [-0.05, 0) is 81.5 Å². The normalized spacial score (nSPS) is 21.7. The second kappa shape index (κ2) is 10.1. The minimum absolute atomic E-state index is 0.0905. The summed E-state index contributed by atoms with van der Waals surface area (Å²) in [5.74, 6) is 1.21. The van der Waals surface area contributed by atoms with Crippen LogP contribution in [-0.2, 0) is 9.47 Å². The van der Waals surface area contributed by atoms with E-state index in [1.807, 2.05) is 30.9 Å². The summed E-state index contributed by atoms with van der Waals surface area (Å²) in [6, 6.07) is 11.2. The first-order valence-electron chi connectivity index (χ1n) is 12.9. The first kappa shape index (κ1) is 24.9. The minimum atomic E-state index is -0.465. The first-order chi connectivity index (χ1) is 18.4. The van der Waals surface area contributed by atoms with Gasteiger partial charge >= 0.3 is 0 Å². The number of rotatable bonds is 5. The van der Waals surface area contributed by atoms with Crippen LogP contribution in [0, 0.1) is 19.7 Å². The Morgan fingerprint density at radius 3 is 2.61 bits per heavy atom. The van der Waals surface area contributed by atoms with Gasteiger partial charge in [-0.1, -0.05) is 22.8 Å². The topological polar surface area (TPSA) is 65.6 Å². The molecule has 0 bridgehead atoms. The molecule has 0 spiro atoms. The van der Waals surface area contributed by atoms with Crippen LogP contribution in [0.2, 0.25) is 5.02 Å². The maximum absolute atomic E-state index is 14.5. The number of aromatic nitrogens is 3. The van der Waals surface area contributed by atoms with Gasteiger partial charge in [-0.2, -0.15) is 0 Å². The summed E-state index contributed by atoms with van der Waals surface area (Å²) in [7, 11) is 1.79. The third-order valence-corrected chi connectivity index (χ3v) is 8.09. The van der Waals surface area contributed by atoms with Crippen molar-refractivity contribution in [3.8, 4) is 11.1 Å². The molecule has 2 aliphatic rings. The lowest BCUT2D eigenvalue weighted by atomic mass is 9.92. The standard InChI is InChI=1S/C29H30ClFN4O3/c1-17-28(18(2)38-33-17)19-4-11-26-25(14-19)32-29(35(26)20-5-8-22(36-3)9-6-20)27-12-13-37-16-34(27)21-7-10-23(30)24(31)15-21/h4,7,10-15,20,22,27H,5-6,8-9,16H2,1-3H3/t20?,22?,27-/m0/s1. The van der Waals surface area contributed by atoms with Crippen LogP contribution < -0.4 is 4.90 Å². The number of anilines is 1. The smallest absolute Gasteiger partial charge is 0.161 e. The molecule has 9 heteroatoms. The summed E-state index contributed by atoms with van der Waals surface area (Å²) in [5.41, 5.74) is 5.51. The molecule has 1 atom stereocenters. The third-order valence-electron chi connectivity index (χ3n) is 7.79. The zero-order valence-electron chi connectivity index (χ0n) is 21.7. The molecular formula is C29H30ClFN4O3. The van der Waals surface area contributed by atoms with Crippen LogP contribution in [0.25, 0.3) is 22.2 Å². The van der Waals surface area contributed by atoms with Gasteiger partial charge in [-0.15, -0.1) is 0 Å². The number of ether oxygens (including phenoxy) is 2. The van der Waals surface area contributed by atoms with Crippen LogP contribution in [0.3, 0.4) is 0 Å².